The molecule has 0 aliphatic carbocycles. The summed E-state index contributed by atoms with van der Waals surface area (Å²) in [6.45, 7) is 0. The summed E-state index contributed by atoms with van der Waals surface area (Å²) in [6.07, 6.45) is 8.62. The molecule has 2 bridgehead atoms. The number of fused-ring (bicyclic) bond motifs is 13. The SMILES string of the molecule is O=c1oc2ccc[c-]c2c2ncc(CCc3cc(CCc4cnc5c(c4)c(=O)oc4ccc[c-]c45)c4c(c3)-c3ccccc3-c3c[n+]-4c(-c4[c-]cccc4)cc3-c3ccc(-c4ccccc4)cc3)cc12.[Ir+3]. The van der Waals surface area contributed by atoms with Crippen LogP contribution in [0.4, 0.5) is 0 Å². The van der Waals surface area contributed by atoms with Crippen LogP contribution in [0, 0.1) is 18.2 Å². The van der Waals surface area contributed by atoms with Crippen LogP contribution in [0.25, 0.3) is 105 Å². The largest absolute Gasteiger partial charge is 3.00 e. The maximum atomic E-state index is 13.4. The molecule has 1 aliphatic heterocycles. The van der Waals surface area contributed by atoms with E-state index in [4.69, 9.17) is 18.8 Å². The Kier molecular flexibility index (Phi) is 11.2. The maximum Gasteiger partial charge on any atom is 3.00 e. The van der Waals surface area contributed by atoms with E-state index in [1.54, 1.807) is 36.4 Å². The molecule has 0 saturated carbocycles. The number of pyridine rings is 3. The average Bonchev–Trinajstić information content (AvgIpc) is 3.53. The molecular weight excluding hydrogens is 1050 g/mol. The summed E-state index contributed by atoms with van der Waals surface area (Å²) in [4.78, 5) is 36.3. The zero-order valence-electron chi connectivity index (χ0n) is 38.0. The van der Waals surface area contributed by atoms with E-state index in [-0.39, 0.29) is 20.1 Å². The van der Waals surface area contributed by atoms with Crippen molar-refractivity contribution in [3.8, 4) is 61.5 Å². The number of benzene rings is 7. The Morgan fingerprint density at radius 3 is 1.68 bits per heavy atom. The number of hydrogen-bond acceptors (Lipinski definition) is 6. The summed E-state index contributed by atoms with van der Waals surface area (Å²) < 4.78 is 13.8. The van der Waals surface area contributed by atoms with E-state index >= 15 is 0 Å². The third-order valence-electron chi connectivity index (χ3n) is 13.6. The van der Waals surface area contributed by atoms with Gasteiger partial charge in [0.05, 0.1) is 11.1 Å². The van der Waals surface area contributed by atoms with Crippen LogP contribution in [0.2, 0.25) is 0 Å². The first-order valence-electron chi connectivity index (χ1n) is 23.4. The minimum absolute atomic E-state index is 0. The third-order valence-corrected chi connectivity index (χ3v) is 13.6. The van der Waals surface area contributed by atoms with Crippen molar-refractivity contribution in [1.82, 2.24) is 9.97 Å². The molecule has 13 rings (SSSR count). The van der Waals surface area contributed by atoms with E-state index in [0.29, 0.717) is 69.4 Å². The van der Waals surface area contributed by atoms with Gasteiger partial charge in [0.1, 0.15) is 5.69 Å². The van der Waals surface area contributed by atoms with Crippen molar-refractivity contribution in [3.05, 3.63) is 250 Å². The molecule has 7 aromatic carbocycles. The molecule has 12 aromatic rings. The van der Waals surface area contributed by atoms with Gasteiger partial charge in [-0.1, -0.05) is 107 Å². The Morgan fingerprint density at radius 2 is 1.03 bits per heavy atom. The zero-order chi connectivity index (χ0) is 46.7. The van der Waals surface area contributed by atoms with Crippen LogP contribution < -0.4 is 15.8 Å². The fraction of sp³-hybridized carbons (Fsp3) is 0.0635. The van der Waals surface area contributed by atoms with Crippen LogP contribution >= 0.6 is 0 Å². The number of hydrogen-bond donors (Lipinski definition) is 0. The van der Waals surface area contributed by atoms with Crippen molar-refractivity contribution in [2.75, 3.05) is 0 Å². The van der Waals surface area contributed by atoms with Gasteiger partial charge in [-0.2, -0.15) is 0 Å². The summed E-state index contributed by atoms with van der Waals surface area (Å²) >= 11 is 0. The molecule has 1 aliphatic rings. The van der Waals surface area contributed by atoms with Gasteiger partial charge in [-0.3, -0.25) is 0 Å². The van der Waals surface area contributed by atoms with Crippen LogP contribution in [0.3, 0.4) is 0 Å². The number of rotatable bonds is 9. The Morgan fingerprint density at radius 1 is 0.465 bits per heavy atom. The molecule has 0 N–H and O–H groups in total. The van der Waals surface area contributed by atoms with Gasteiger partial charge < -0.3 is 18.8 Å². The van der Waals surface area contributed by atoms with Gasteiger partial charge in [0.25, 0.3) is 0 Å². The standard InChI is InChI=1S/C63H39N3O4.Ir/c67-62-53-33-40(36-64-59(53)49-19-9-11-21-57(49)69-62)24-23-39-31-46(26-25-41-34-54-60(65-37-41)50-20-10-12-22-58(50)70-63(54)68)61-52(32-39)47-17-7-8-18-48(47)55-38-66(61)56(45-15-5-2-6-16-45)35-51(55)44-29-27-43(28-30-44)42-13-3-1-4-14-42;/h1-15,17-18,21-22,27-38H,23-26H2;/q-2;+3. The Bertz CT molecular complexity index is 4170. The second kappa shape index (κ2) is 18.2. The number of nitrogens with zero attached hydrogens (tertiary/aromatic N) is 3. The summed E-state index contributed by atoms with van der Waals surface area (Å²) in [5.41, 5.74) is 17.5. The Labute approximate surface area is 421 Å². The third kappa shape index (κ3) is 7.88. The minimum Gasteiger partial charge on any atom is -0.472 e. The summed E-state index contributed by atoms with van der Waals surface area (Å²) in [6, 6.07) is 67.8. The molecule has 6 heterocycles. The van der Waals surface area contributed by atoms with Gasteiger partial charge in [-0.05, 0) is 94.0 Å². The molecule has 7 nitrogen and oxygen atoms in total. The molecule has 338 valence electrons. The smallest absolute Gasteiger partial charge is 0.472 e. The van der Waals surface area contributed by atoms with E-state index in [1.165, 1.54) is 5.56 Å². The van der Waals surface area contributed by atoms with Crippen molar-refractivity contribution in [1.29, 1.82) is 0 Å². The Balaban J connectivity index is 0.00000517. The Hall–Kier alpha value is -8.42. The van der Waals surface area contributed by atoms with Crippen LogP contribution in [-0.2, 0) is 45.8 Å². The molecule has 0 fully saturated rings. The summed E-state index contributed by atoms with van der Waals surface area (Å²) in [5, 5.41) is 2.25. The van der Waals surface area contributed by atoms with Gasteiger partial charge in [-0.25, -0.2) is 14.2 Å². The van der Waals surface area contributed by atoms with E-state index in [2.05, 4.69) is 132 Å². The average molecular weight is 1090 g/mol. The first-order valence-corrected chi connectivity index (χ1v) is 23.4. The normalized spacial score (nSPS) is 11.6. The predicted octanol–water partition coefficient (Wildman–Crippen LogP) is 12.9. The van der Waals surface area contributed by atoms with Crippen LogP contribution in [0.1, 0.15) is 22.3 Å². The fourth-order valence-corrected chi connectivity index (χ4v) is 10.2. The molecule has 0 saturated heterocycles. The van der Waals surface area contributed by atoms with Crippen molar-refractivity contribution in [2.45, 2.75) is 25.7 Å². The van der Waals surface area contributed by atoms with Crippen molar-refractivity contribution in [3.63, 3.8) is 0 Å². The van der Waals surface area contributed by atoms with E-state index in [9.17, 15) is 9.59 Å². The summed E-state index contributed by atoms with van der Waals surface area (Å²) in [5.74, 6) is 0. The van der Waals surface area contributed by atoms with Gasteiger partial charge >= 0.3 is 31.4 Å². The fourth-order valence-electron chi connectivity index (χ4n) is 10.2. The van der Waals surface area contributed by atoms with Gasteiger partial charge in [0.2, 0.25) is 5.69 Å². The van der Waals surface area contributed by atoms with E-state index in [1.807, 2.05) is 42.7 Å². The molecule has 5 aromatic heterocycles. The molecule has 0 amide bonds. The van der Waals surface area contributed by atoms with E-state index < -0.39 is 11.3 Å². The molecule has 0 radical (unpaired) electrons. The molecule has 0 spiro atoms. The van der Waals surface area contributed by atoms with E-state index in [0.717, 1.165) is 78.1 Å². The predicted molar refractivity (Wildman–Crippen MR) is 276 cm³/mol. The maximum absolute atomic E-state index is 13.4. The monoisotopic (exact) mass is 1090 g/mol. The van der Waals surface area contributed by atoms with Crippen molar-refractivity contribution in [2.24, 2.45) is 0 Å². The minimum atomic E-state index is -0.419. The van der Waals surface area contributed by atoms with Gasteiger partial charge in [0.15, 0.2) is 6.20 Å². The number of aromatic nitrogens is 3. The topological polar surface area (TPSA) is 90.1 Å². The first-order chi connectivity index (χ1) is 34.5. The second-order valence-electron chi connectivity index (χ2n) is 17.8. The van der Waals surface area contributed by atoms with Crippen LogP contribution in [0.5, 0.6) is 0 Å². The van der Waals surface area contributed by atoms with Crippen LogP contribution in [-0.4, -0.2) is 9.97 Å². The molecule has 0 unspecified atom stereocenters. The van der Waals surface area contributed by atoms with Crippen molar-refractivity contribution < 1.29 is 33.5 Å². The van der Waals surface area contributed by atoms with Crippen LogP contribution in [0.15, 0.2) is 207 Å². The first kappa shape index (κ1) is 43.8. The summed E-state index contributed by atoms with van der Waals surface area (Å²) in [7, 11) is 0. The number of aryl methyl sites for hydroxylation is 4. The molecule has 8 heteroatoms. The van der Waals surface area contributed by atoms with Crippen molar-refractivity contribution >= 4 is 43.7 Å². The molecule has 71 heavy (non-hydrogen) atoms. The molecule has 0 atom stereocenters. The van der Waals surface area contributed by atoms with Gasteiger partial charge in [0, 0.05) is 50.9 Å². The quantitative estimate of drug-likeness (QED) is 0.0619. The molecular formula is C63H39IrN3O4+. The second-order valence-corrected chi connectivity index (χ2v) is 17.8. The van der Waals surface area contributed by atoms with Gasteiger partial charge in [-0.15, -0.1) is 78.9 Å². The zero-order valence-corrected chi connectivity index (χ0v) is 40.4.